The highest BCUT2D eigenvalue weighted by Gasteiger charge is 2.18. The van der Waals surface area contributed by atoms with Crippen molar-refractivity contribution in [2.45, 2.75) is 0 Å². The molecule has 7 aromatic carbocycles. The summed E-state index contributed by atoms with van der Waals surface area (Å²) in [6.07, 6.45) is 1.84. The predicted octanol–water partition coefficient (Wildman–Crippen LogP) is 11.3. The molecular formula is C44H26N4O. The molecule has 0 atom stereocenters. The van der Waals surface area contributed by atoms with Gasteiger partial charge >= 0.3 is 0 Å². The lowest BCUT2D eigenvalue weighted by Gasteiger charge is -2.14. The number of pyridine rings is 1. The number of furan rings is 1. The van der Waals surface area contributed by atoms with E-state index in [1.807, 2.05) is 66.9 Å². The Bertz CT molecular complexity index is 2880. The molecule has 0 N–H and O–H groups in total. The number of fused-ring (bicyclic) bond motifs is 8. The SMILES string of the molecule is c1ccc(-c2nc(-c3ccc(-c4cccc5oc6ccccc6c45)cc3)nc(-c3cc4ccccc4c4ccc5ncccc5c34)n2)cc1. The van der Waals surface area contributed by atoms with Gasteiger partial charge in [-0.25, -0.2) is 15.0 Å². The molecule has 0 aliphatic carbocycles. The summed E-state index contributed by atoms with van der Waals surface area (Å²) < 4.78 is 6.17. The summed E-state index contributed by atoms with van der Waals surface area (Å²) in [6.45, 7) is 0. The van der Waals surface area contributed by atoms with Gasteiger partial charge in [0, 0.05) is 44.4 Å². The van der Waals surface area contributed by atoms with Crippen LogP contribution >= 0.6 is 0 Å². The van der Waals surface area contributed by atoms with Crippen LogP contribution in [0.2, 0.25) is 0 Å². The Morgan fingerprint density at radius 2 is 1.06 bits per heavy atom. The second-order valence-electron chi connectivity index (χ2n) is 12.2. The minimum absolute atomic E-state index is 0.613. The van der Waals surface area contributed by atoms with E-state index in [4.69, 9.17) is 19.4 Å². The lowest BCUT2D eigenvalue weighted by Crippen LogP contribution is -2.01. The Kier molecular flexibility index (Phi) is 6.11. The van der Waals surface area contributed by atoms with E-state index >= 15 is 0 Å². The van der Waals surface area contributed by atoms with Crippen molar-refractivity contribution in [1.82, 2.24) is 19.9 Å². The first kappa shape index (κ1) is 27.4. The molecule has 0 spiro atoms. The van der Waals surface area contributed by atoms with Gasteiger partial charge in [0.15, 0.2) is 17.5 Å². The molecule has 0 aliphatic heterocycles. The third-order valence-corrected chi connectivity index (χ3v) is 9.37. The molecule has 49 heavy (non-hydrogen) atoms. The van der Waals surface area contributed by atoms with Gasteiger partial charge in [-0.05, 0) is 57.6 Å². The first-order valence-electron chi connectivity index (χ1n) is 16.3. The summed E-state index contributed by atoms with van der Waals surface area (Å²) in [7, 11) is 0. The number of rotatable bonds is 4. The van der Waals surface area contributed by atoms with Gasteiger partial charge < -0.3 is 4.42 Å². The molecule has 3 heterocycles. The van der Waals surface area contributed by atoms with Gasteiger partial charge in [-0.2, -0.15) is 0 Å². The number of hydrogen-bond acceptors (Lipinski definition) is 5. The van der Waals surface area contributed by atoms with Crippen LogP contribution in [0.15, 0.2) is 162 Å². The largest absolute Gasteiger partial charge is 0.456 e. The van der Waals surface area contributed by atoms with Crippen LogP contribution in [0.3, 0.4) is 0 Å². The van der Waals surface area contributed by atoms with Gasteiger partial charge in [0.1, 0.15) is 11.2 Å². The molecule has 0 fully saturated rings. The normalized spacial score (nSPS) is 11.7. The quantitative estimate of drug-likeness (QED) is 0.182. The standard InChI is InChI=1S/C44H26N4O/c1-2-10-28(11-3-1)42-46-43(29-21-19-27(20-22-29)32-15-8-18-39-41(32)35-14-6-7-17-38(35)49-39)48-44(47-42)36-26-30-12-4-5-13-31(30)33-23-24-37-34(40(33)36)16-9-25-45-37/h1-26H. The first-order chi connectivity index (χ1) is 24.3. The summed E-state index contributed by atoms with van der Waals surface area (Å²) in [6, 6.07) is 52.1. The Balaban J connectivity index is 1.19. The van der Waals surface area contributed by atoms with E-state index in [2.05, 4.69) is 96.0 Å². The molecule has 10 aromatic rings. The Hall–Kier alpha value is -6.72. The molecule has 0 aliphatic rings. The predicted molar refractivity (Wildman–Crippen MR) is 199 cm³/mol. The summed E-state index contributed by atoms with van der Waals surface area (Å²) in [5.74, 6) is 1.86. The highest BCUT2D eigenvalue weighted by Crippen LogP contribution is 2.40. The minimum Gasteiger partial charge on any atom is -0.456 e. The van der Waals surface area contributed by atoms with Crippen LogP contribution in [0.5, 0.6) is 0 Å². The Labute approximate surface area is 281 Å². The molecule has 0 saturated heterocycles. The van der Waals surface area contributed by atoms with Crippen molar-refractivity contribution in [3.8, 4) is 45.3 Å². The van der Waals surface area contributed by atoms with E-state index < -0.39 is 0 Å². The van der Waals surface area contributed by atoms with E-state index in [-0.39, 0.29) is 0 Å². The van der Waals surface area contributed by atoms with Crippen molar-refractivity contribution in [3.63, 3.8) is 0 Å². The number of aromatic nitrogens is 4. The lowest BCUT2D eigenvalue weighted by atomic mass is 9.94. The Morgan fingerprint density at radius 1 is 0.388 bits per heavy atom. The molecule has 5 nitrogen and oxygen atoms in total. The third kappa shape index (κ3) is 4.48. The van der Waals surface area contributed by atoms with Crippen LogP contribution in [0.4, 0.5) is 0 Å². The van der Waals surface area contributed by atoms with E-state index in [9.17, 15) is 0 Å². The second kappa shape index (κ2) is 10.9. The van der Waals surface area contributed by atoms with Crippen LogP contribution < -0.4 is 0 Å². The van der Waals surface area contributed by atoms with Gasteiger partial charge in [-0.15, -0.1) is 0 Å². The number of hydrogen-bond donors (Lipinski definition) is 0. The van der Waals surface area contributed by atoms with E-state index in [1.54, 1.807) is 0 Å². The van der Waals surface area contributed by atoms with Gasteiger partial charge in [-0.1, -0.05) is 121 Å². The lowest BCUT2D eigenvalue weighted by molar-refractivity contribution is 0.669. The number of nitrogens with zero attached hydrogens (tertiary/aromatic N) is 4. The van der Waals surface area contributed by atoms with Gasteiger partial charge in [0.2, 0.25) is 0 Å². The second-order valence-corrected chi connectivity index (χ2v) is 12.2. The van der Waals surface area contributed by atoms with Crippen molar-refractivity contribution >= 4 is 54.4 Å². The highest BCUT2D eigenvalue weighted by atomic mass is 16.3. The maximum Gasteiger partial charge on any atom is 0.164 e. The maximum atomic E-state index is 6.17. The highest BCUT2D eigenvalue weighted by molar-refractivity contribution is 6.22. The average molecular weight is 627 g/mol. The summed E-state index contributed by atoms with van der Waals surface area (Å²) in [5.41, 5.74) is 7.70. The zero-order valence-electron chi connectivity index (χ0n) is 26.2. The number of benzene rings is 7. The summed E-state index contributed by atoms with van der Waals surface area (Å²) in [5, 5.41) is 7.82. The van der Waals surface area contributed by atoms with E-state index in [0.717, 1.165) is 76.8 Å². The zero-order valence-corrected chi connectivity index (χ0v) is 26.2. The van der Waals surface area contributed by atoms with Gasteiger partial charge in [0.25, 0.3) is 0 Å². The molecule has 228 valence electrons. The molecule has 0 amide bonds. The maximum absolute atomic E-state index is 6.17. The summed E-state index contributed by atoms with van der Waals surface area (Å²) in [4.78, 5) is 20.0. The van der Waals surface area contributed by atoms with Crippen LogP contribution in [-0.4, -0.2) is 19.9 Å². The fourth-order valence-electron chi connectivity index (χ4n) is 7.10. The van der Waals surface area contributed by atoms with Crippen molar-refractivity contribution in [3.05, 3.63) is 158 Å². The minimum atomic E-state index is 0.613. The molecule has 0 bridgehead atoms. The van der Waals surface area contributed by atoms with E-state index in [1.165, 1.54) is 5.39 Å². The zero-order chi connectivity index (χ0) is 32.3. The summed E-state index contributed by atoms with van der Waals surface area (Å²) >= 11 is 0. The van der Waals surface area contributed by atoms with Crippen LogP contribution in [0.1, 0.15) is 0 Å². The van der Waals surface area contributed by atoms with Crippen LogP contribution in [0, 0.1) is 0 Å². The molecule has 10 rings (SSSR count). The monoisotopic (exact) mass is 626 g/mol. The fraction of sp³-hybridized carbons (Fsp3) is 0. The molecular weight excluding hydrogens is 601 g/mol. The van der Waals surface area contributed by atoms with E-state index in [0.29, 0.717) is 17.5 Å². The average Bonchev–Trinajstić information content (AvgIpc) is 3.57. The molecule has 0 radical (unpaired) electrons. The Morgan fingerprint density at radius 3 is 1.92 bits per heavy atom. The number of para-hydroxylation sites is 1. The molecule has 5 heteroatoms. The van der Waals surface area contributed by atoms with Crippen molar-refractivity contribution in [2.24, 2.45) is 0 Å². The topological polar surface area (TPSA) is 64.7 Å². The third-order valence-electron chi connectivity index (χ3n) is 9.37. The van der Waals surface area contributed by atoms with Gasteiger partial charge in [-0.3, -0.25) is 4.98 Å². The fourth-order valence-corrected chi connectivity index (χ4v) is 7.10. The first-order valence-corrected chi connectivity index (χ1v) is 16.3. The molecule has 0 saturated carbocycles. The van der Waals surface area contributed by atoms with Crippen LogP contribution in [-0.2, 0) is 0 Å². The molecule has 3 aromatic heterocycles. The van der Waals surface area contributed by atoms with Crippen LogP contribution in [0.25, 0.3) is 99.7 Å². The van der Waals surface area contributed by atoms with Crippen molar-refractivity contribution in [1.29, 1.82) is 0 Å². The smallest absolute Gasteiger partial charge is 0.164 e. The molecule has 0 unspecified atom stereocenters. The van der Waals surface area contributed by atoms with Crippen molar-refractivity contribution in [2.75, 3.05) is 0 Å². The van der Waals surface area contributed by atoms with Crippen molar-refractivity contribution < 1.29 is 4.42 Å². The van der Waals surface area contributed by atoms with Gasteiger partial charge in [0.05, 0.1) is 5.52 Å².